The second-order valence-electron chi connectivity index (χ2n) is 7.08. The first-order chi connectivity index (χ1) is 14.6. The lowest BCUT2D eigenvalue weighted by Gasteiger charge is -2.43. The van der Waals surface area contributed by atoms with E-state index in [-0.39, 0.29) is 18.2 Å². The van der Waals surface area contributed by atoms with Crippen LogP contribution in [0.4, 0.5) is 5.69 Å². The topological polar surface area (TPSA) is 63.2 Å². The normalized spacial score (nSPS) is 18.9. The van der Waals surface area contributed by atoms with E-state index >= 15 is 0 Å². The van der Waals surface area contributed by atoms with Crippen molar-refractivity contribution in [1.82, 2.24) is 5.32 Å². The number of anilines is 1. The van der Waals surface area contributed by atoms with Crippen molar-refractivity contribution < 1.29 is 14.4 Å². The van der Waals surface area contributed by atoms with Crippen LogP contribution in [0.2, 0.25) is 0 Å². The molecule has 0 aromatic heterocycles. The average molecular weight is 408 g/mol. The summed E-state index contributed by atoms with van der Waals surface area (Å²) in [5.74, 6) is 0.715. The summed E-state index contributed by atoms with van der Waals surface area (Å²) in [6.07, 6.45) is 2.48. The smallest absolute Gasteiger partial charge is 0.257 e. The number of rotatable bonds is 9. The van der Waals surface area contributed by atoms with Gasteiger partial charge >= 0.3 is 0 Å². The van der Waals surface area contributed by atoms with Crippen molar-refractivity contribution >= 4 is 17.3 Å². The highest BCUT2D eigenvalue weighted by molar-refractivity contribution is 6.18. The van der Waals surface area contributed by atoms with Crippen molar-refractivity contribution in [3.05, 3.63) is 71.8 Å². The molecule has 6 nitrogen and oxygen atoms in total. The summed E-state index contributed by atoms with van der Waals surface area (Å²) in [6.45, 7) is 6.71. The number of carbonyl (C=O) groups is 1. The molecule has 1 fully saturated rings. The van der Waals surface area contributed by atoms with Gasteiger partial charge in [0.05, 0.1) is 18.9 Å². The highest BCUT2D eigenvalue weighted by Gasteiger charge is 2.43. The summed E-state index contributed by atoms with van der Waals surface area (Å²) in [6, 6.07) is 17.3. The Balaban J connectivity index is 1.88. The second kappa shape index (κ2) is 10.1. The van der Waals surface area contributed by atoms with Gasteiger partial charge in [0.2, 0.25) is 0 Å². The molecule has 2 unspecified atom stereocenters. The minimum Gasteiger partial charge on any atom is -0.497 e. The molecule has 2 aromatic rings. The van der Waals surface area contributed by atoms with Crippen LogP contribution < -0.4 is 15.0 Å². The first kappa shape index (κ1) is 21.6. The number of hydrogen-bond donors (Lipinski definition) is 1. The van der Waals surface area contributed by atoms with Gasteiger partial charge in [-0.25, -0.2) is 0 Å². The SMILES string of the molecule is CCNC(CC)ON=C(C)C=C1C(=O)N(c2ccc(OC)cc2)C1c1ccccc1. The van der Waals surface area contributed by atoms with Crippen LogP contribution in [0.5, 0.6) is 5.75 Å². The lowest BCUT2D eigenvalue weighted by atomic mass is 9.86. The van der Waals surface area contributed by atoms with Crippen molar-refractivity contribution in [2.45, 2.75) is 39.5 Å². The predicted molar refractivity (Wildman–Crippen MR) is 120 cm³/mol. The van der Waals surface area contributed by atoms with E-state index in [1.807, 2.05) is 81.4 Å². The fourth-order valence-corrected chi connectivity index (χ4v) is 3.44. The summed E-state index contributed by atoms with van der Waals surface area (Å²) >= 11 is 0. The maximum absolute atomic E-state index is 13.1. The number of benzene rings is 2. The van der Waals surface area contributed by atoms with E-state index in [9.17, 15) is 4.79 Å². The molecular weight excluding hydrogens is 378 g/mol. The molecule has 1 amide bonds. The van der Waals surface area contributed by atoms with Gasteiger partial charge in [-0.05, 0) is 55.8 Å². The van der Waals surface area contributed by atoms with Gasteiger partial charge in [0.15, 0.2) is 6.23 Å². The summed E-state index contributed by atoms with van der Waals surface area (Å²) < 4.78 is 5.24. The number of β-lactam (4-membered cyclic amide) rings is 1. The third-order valence-corrected chi connectivity index (χ3v) is 4.98. The number of hydrogen-bond acceptors (Lipinski definition) is 5. The van der Waals surface area contributed by atoms with E-state index in [0.717, 1.165) is 30.0 Å². The molecule has 2 atom stereocenters. The lowest BCUT2D eigenvalue weighted by Crippen LogP contribution is -2.49. The van der Waals surface area contributed by atoms with Gasteiger partial charge in [-0.15, -0.1) is 0 Å². The fourth-order valence-electron chi connectivity index (χ4n) is 3.44. The number of nitrogens with zero attached hydrogens (tertiary/aromatic N) is 2. The van der Waals surface area contributed by atoms with Crippen LogP contribution in [0.25, 0.3) is 0 Å². The monoisotopic (exact) mass is 407 g/mol. The molecule has 2 aromatic carbocycles. The second-order valence-corrected chi connectivity index (χ2v) is 7.08. The lowest BCUT2D eigenvalue weighted by molar-refractivity contribution is -0.119. The number of ether oxygens (including phenoxy) is 1. The third-order valence-electron chi connectivity index (χ3n) is 4.98. The van der Waals surface area contributed by atoms with Gasteiger partial charge in [-0.3, -0.25) is 15.0 Å². The van der Waals surface area contributed by atoms with Crippen LogP contribution >= 0.6 is 0 Å². The van der Waals surface area contributed by atoms with E-state index in [2.05, 4.69) is 10.5 Å². The highest BCUT2D eigenvalue weighted by Crippen LogP contribution is 2.43. The molecule has 0 spiro atoms. The Hall–Kier alpha value is -3.12. The summed E-state index contributed by atoms with van der Waals surface area (Å²) in [4.78, 5) is 20.4. The first-order valence-electron chi connectivity index (χ1n) is 10.3. The van der Waals surface area contributed by atoms with E-state index in [1.165, 1.54) is 0 Å². The van der Waals surface area contributed by atoms with Crippen LogP contribution in [0.15, 0.2) is 71.4 Å². The van der Waals surface area contributed by atoms with Gasteiger partial charge in [-0.2, -0.15) is 0 Å². The van der Waals surface area contributed by atoms with E-state index in [0.29, 0.717) is 11.3 Å². The molecule has 3 rings (SSSR count). The molecule has 1 heterocycles. The number of nitrogens with one attached hydrogen (secondary N) is 1. The average Bonchev–Trinajstić information content (AvgIpc) is 2.79. The van der Waals surface area contributed by atoms with Crippen molar-refractivity contribution in [3.8, 4) is 5.75 Å². The maximum atomic E-state index is 13.1. The number of allylic oxidation sites excluding steroid dienone is 1. The summed E-state index contributed by atoms with van der Waals surface area (Å²) in [5.41, 5.74) is 3.23. The molecule has 158 valence electrons. The Labute approximate surface area is 178 Å². The van der Waals surface area contributed by atoms with Crippen LogP contribution in [0.3, 0.4) is 0 Å². The van der Waals surface area contributed by atoms with Gasteiger partial charge in [0.25, 0.3) is 5.91 Å². The Morgan fingerprint density at radius 1 is 1.17 bits per heavy atom. The van der Waals surface area contributed by atoms with Crippen molar-refractivity contribution in [2.24, 2.45) is 5.16 Å². The minimum atomic E-state index is -0.173. The quantitative estimate of drug-likeness (QED) is 0.219. The Bertz CT molecular complexity index is 907. The maximum Gasteiger partial charge on any atom is 0.257 e. The third kappa shape index (κ3) is 4.71. The molecular formula is C24H29N3O3. The summed E-state index contributed by atoms with van der Waals surface area (Å²) in [5, 5.41) is 7.42. The van der Waals surface area contributed by atoms with Gasteiger partial charge in [0.1, 0.15) is 5.75 Å². The van der Waals surface area contributed by atoms with Gasteiger partial charge < -0.3 is 9.57 Å². The number of oxime groups is 1. The molecule has 0 aliphatic carbocycles. The van der Waals surface area contributed by atoms with Crippen molar-refractivity contribution in [1.29, 1.82) is 0 Å². The largest absolute Gasteiger partial charge is 0.497 e. The molecule has 30 heavy (non-hydrogen) atoms. The highest BCUT2D eigenvalue weighted by atomic mass is 16.6. The number of methoxy groups -OCH3 is 1. The van der Waals surface area contributed by atoms with Crippen LogP contribution in [-0.2, 0) is 9.63 Å². The standard InChI is InChI=1S/C24H29N3O3/c1-5-22(25-6-2)30-26-17(3)16-21-23(18-10-8-7-9-11-18)27(24(21)28)19-12-14-20(29-4)15-13-19/h7-16,22-23,25H,5-6H2,1-4H3. The Morgan fingerprint density at radius 3 is 2.47 bits per heavy atom. The molecule has 1 N–H and O–H groups in total. The molecule has 0 bridgehead atoms. The molecule has 1 aliphatic rings. The first-order valence-corrected chi connectivity index (χ1v) is 10.3. The Morgan fingerprint density at radius 2 is 1.87 bits per heavy atom. The van der Waals surface area contributed by atoms with Crippen LogP contribution in [0.1, 0.15) is 38.8 Å². The number of amides is 1. The molecule has 0 radical (unpaired) electrons. The molecule has 1 aliphatic heterocycles. The van der Waals surface area contributed by atoms with E-state index in [1.54, 1.807) is 12.0 Å². The zero-order valence-electron chi connectivity index (χ0n) is 18.0. The van der Waals surface area contributed by atoms with Crippen molar-refractivity contribution in [3.63, 3.8) is 0 Å². The zero-order valence-corrected chi connectivity index (χ0v) is 18.0. The van der Waals surface area contributed by atoms with Gasteiger partial charge in [0, 0.05) is 11.3 Å². The molecule has 1 saturated heterocycles. The van der Waals surface area contributed by atoms with E-state index in [4.69, 9.17) is 9.57 Å². The summed E-state index contributed by atoms with van der Waals surface area (Å²) in [7, 11) is 1.63. The van der Waals surface area contributed by atoms with Gasteiger partial charge in [-0.1, -0.05) is 49.3 Å². The zero-order chi connectivity index (χ0) is 21.5. The molecule has 6 heteroatoms. The fraction of sp³-hybridized carbons (Fsp3) is 0.333. The van der Waals surface area contributed by atoms with E-state index < -0.39 is 0 Å². The van der Waals surface area contributed by atoms with Crippen LogP contribution in [-0.4, -0.2) is 31.5 Å². The Kier molecular flexibility index (Phi) is 7.25. The van der Waals surface area contributed by atoms with Crippen LogP contribution in [0, 0.1) is 0 Å². The number of carbonyl (C=O) groups excluding carboxylic acids is 1. The van der Waals surface area contributed by atoms with Crippen molar-refractivity contribution in [2.75, 3.05) is 18.6 Å². The molecule has 0 saturated carbocycles. The minimum absolute atomic E-state index is 0.0395. The predicted octanol–water partition coefficient (Wildman–Crippen LogP) is 4.45.